The van der Waals surface area contributed by atoms with Gasteiger partial charge in [0.25, 0.3) is 0 Å². The first-order valence-corrected chi connectivity index (χ1v) is 7.38. The molecule has 1 atom stereocenters. The normalized spacial score (nSPS) is 12.6. The SMILES string of the molecule is CCCn1ncc(Br)c1C(N)c1ncccc1CC. The van der Waals surface area contributed by atoms with Crippen molar-refractivity contribution in [1.29, 1.82) is 0 Å². The van der Waals surface area contributed by atoms with Crippen LogP contribution in [0.1, 0.15) is 43.3 Å². The first kappa shape index (κ1) is 14.2. The number of hydrogen-bond acceptors (Lipinski definition) is 3. The molecule has 2 N–H and O–H groups in total. The van der Waals surface area contributed by atoms with Gasteiger partial charge in [-0.1, -0.05) is 19.9 Å². The predicted molar refractivity (Wildman–Crippen MR) is 79.9 cm³/mol. The summed E-state index contributed by atoms with van der Waals surface area (Å²) in [5, 5.41) is 4.37. The minimum Gasteiger partial charge on any atom is -0.318 e. The first-order chi connectivity index (χ1) is 9.19. The Hall–Kier alpha value is -1.20. The lowest BCUT2D eigenvalue weighted by Crippen LogP contribution is -2.20. The second-order valence-electron chi connectivity index (χ2n) is 4.48. The standard InChI is InChI=1S/C14H19BrN4/c1-3-8-19-14(11(15)9-18-19)12(16)13-10(4-2)6-5-7-17-13/h5-7,9,12H,3-4,8,16H2,1-2H3. The topological polar surface area (TPSA) is 56.7 Å². The van der Waals surface area contributed by atoms with Crippen molar-refractivity contribution in [3.63, 3.8) is 0 Å². The van der Waals surface area contributed by atoms with E-state index in [9.17, 15) is 0 Å². The van der Waals surface area contributed by atoms with Gasteiger partial charge in [-0.3, -0.25) is 9.67 Å². The zero-order chi connectivity index (χ0) is 13.8. The zero-order valence-electron chi connectivity index (χ0n) is 11.3. The van der Waals surface area contributed by atoms with Crippen LogP contribution in [-0.4, -0.2) is 14.8 Å². The number of pyridine rings is 1. The molecule has 102 valence electrons. The molecule has 0 spiro atoms. The Morgan fingerprint density at radius 1 is 1.42 bits per heavy atom. The molecule has 0 saturated heterocycles. The molecule has 19 heavy (non-hydrogen) atoms. The van der Waals surface area contributed by atoms with Crippen LogP contribution in [0.5, 0.6) is 0 Å². The summed E-state index contributed by atoms with van der Waals surface area (Å²) in [4.78, 5) is 4.46. The van der Waals surface area contributed by atoms with E-state index in [4.69, 9.17) is 5.73 Å². The van der Waals surface area contributed by atoms with E-state index in [0.29, 0.717) is 0 Å². The minimum atomic E-state index is -0.250. The van der Waals surface area contributed by atoms with Crippen LogP contribution >= 0.6 is 15.9 Å². The number of rotatable bonds is 5. The van der Waals surface area contributed by atoms with E-state index in [-0.39, 0.29) is 6.04 Å². The molecule has 0 radical (unpaired) electrons. The molecule has 2 heterocycles. The van der Waals surface area contributed by atoms with Crippen molar-refractivity contribution in [1.82, 2.24) is 14.8 Å². The van der Waals surface area contributed by atoms with Gasteiger partial charge >= 0.3 is 0 Å². The third kappa shape index (κ3) is 2.87. The van der Waals surface area contributed by atoms with Crippen molar-refractivity contribution in [2.45, 2.75) is 39.3 Å². The molecule has 4 nitrogen and oxygen atoms in total. The summed E-state index contributed by atoms with van der Waals surface area (Å²) in [6, 6.07) is 3.78. The maximum atomic E-state index is 6.42. The van der Waals surface area contributed by atoms with Gasteiger partial charge in [-0.2, -0.15) is 5.10 Å². The maximum absolute atomic E-state index is 6.42. The van der Waals surface area contributed by atoms with Crippen LogP contribution in [0.2, 0.25) is 0 Å². The van der Waals surface area contributed by atoms with Gasteiger partial charge in [0.1, 0.15) is 0 Å². The average Bonchev–Trinajstić information content (AvgIpc) is 2.79. The molecule has 5 heteroatoms. The molecule has 0 aliphatic carbocycles. The van der Waals surface area contributed by atoms with Crippen LogP contribution in [0.3, 0.4) is 0 Å². The molecule has 0 aliphatic heterocycles. The van der Waals surface area contributed by atoms with Crippen LogP contribution in [-0.2, 0) is 13.0 Å². The highest BCUT2D eigenvalue weighted by Gasteiger charge is 2.21. The van der Waals surface area contributed by atoms with E-state index >= 15 is 0 Å². The smallest absolute Gasteiger partial charge is 0.0911 e. The Bertz CT molecular complexity index is 550. The Morgan fingerprint density at radius 2 is 2.21 bits per heavy atom. The molecule has 2 aromatic heterocycles. The summed E-state index contributed by atoms with van der Waals surface area (Å²) in [5.74, 6) is 0. The second-order valence-corrected chi connectivity index (χ2v) is 5.33. The van der Waals surface area contributed by atoms with Crippen molar-refractivity contribution < 1.29 is 0 Å². The molecule has 0 amide bonds. The van der Waals surface area contributed by atoms with Crippen LogP contribution in [0.4, 0.5) is 0 Å². The van der Waals surface area contributed by atoms with Gasteiger partial charge in [0.2, 0.25) is 0 Å². The molecule has 0 aromatic carbocycles. The number of aryl methyl sites for hydroxylation is 2. The fourth-order valence-corrected chi connectivity index (χ4v) is 2.77. The van der Waals surface area contributed by atoms with Crippen molar-refractivity contribution in [3.05, 3.63) is 46.0 Å². The Morgan fingerprint density at radius 3 is 2.89 bits per heavy atom. The van der Waals surface area contributed by atoms with E-state index in [0.717, 1.165) is 35.2 Å². The molecule has 0 saturated carbocycles. The first-order valence-electron chi connectivity index (χ1n) is 6.59. The highest BCUT2D eigenvalue weighted by atomic mass is 79.9. The molecular formula is C14H19BrN4. The van der Waals surface area contributed by atoms with Crippen LogP contribution < -0.4 is 5.73 Å². The van der Waals surface area contributed by atoms with Crippen LogP contribution in [0.25, 0.3) is 0 Å². The fourth-order valence-electron chi connectivity index (χ4n) is 2.23. The Balaban J connectivity index is 2.43. The van der Waals surface area contributed by atoms with Crippen LogP contribution in [0, 0.1) is 0 Å². The maximum Gasteiger partial charge on any atom is 0.0911 e. The highest BCUT2D eigenvalue weighted by Crippen LogP contribution is 2.27. The number of aromatic nitrogens is 3. The lowest BCUT2D eigenvalue weighted by Gasteiger charge is -2.17. The molecule has 0 bridgehead atoms. The van der Waals surface area contributed by atoms with Crippen molar-refractivity contribution in [2.75, 3.05) is 0 Å². The lowest BCUT2D eigenvalue weighted by atomic mass is 10.0. The third-order valence-electron chi connectivity index (χ3n) is 3.16. The highest BCUT2D eigenvalue weighted by molar-refractivity contribution is 9.10. The largest absolute Gasteiger partial charge is 0.318 e. The molecule has 2 rings (SSSR count). The third-order valence-corrected chi connectivity index (χ3v) is 3.78. The average molecular weight is 323 g/mol. The zero-order valence-corrected chi connectivity index (χ0v) is 12.9. The van der Waals surface area contributed by atoms with Gasteiger partial charge < -0.3 is 5.73 Å². The second kappa shape index (κ2) is 6.30. The predicted octanol–water partition coefficient (Wildman–Crippen LogP) is 3.06. The Kier molecular flexibility index (Phi) is 4.71. The van der Waals surface area contributed by atoms with Gasteiger partial charge in [0, 0.05) is 12.7 Å². The van der Waals surface area contributed by atoms with E-state index in [1.54, 1.807) is 12.4 Å². The summed E-state index contributed by atoms with van der Waals surface area (Å²) in [6.45, 7) is 5.11. The van der Waals surface area contributed by atoms with E-state index in [1.807, 2.05) is 10.7 Å². The van der Waals surface area contributed by atoms with Crippen LogP contribution in [0.15, 0.2) is 29.0 Å². The van der Waals surface area contributed by atoms with E-state index in [2.05, 4.69) is 45.9 Å². The monoisotopic (exact) mass is 322 g/mol. The summed E-state index contributed by atoms with van der Waals surface area (Å²) in [5.41, 5.74) is 9.53. The summed E-state index contributed by atoms with van der Waals surface area (Å²) >= 11 is 3.54. The van der Waals surface area contributed by atoms with Gasteiger partial charge in [-0.05, 0) is 40.4 Å². The van der Waals surface area contributed by atoms with Crippen molar-refractivity contribution in [3.8, 4) is 0 Å². The van der Waals surface area contributed by atoms with Crippen molar-refractivity contribution >= 4 is 15.9 Å². The Labute approximate surface area is 122 Å². The fraction of sp³-hybridized carbons (Fsp3) is 0.429. The molecule has 1 unspecified atom stereocenters. The van der Waals surface area contributed by atoms with Gasteiger partial charge in [-0.25, -0.2) is 0 Å². The number of nitrogens with zero attached hydrogens (tertiary/aromatic N) is 3. The summed E-state index contributed by atoms with van der Waals surface area (Å²) < 4.78 is 2.91. The number of nitrogens with two attached hydrogens (primary N) is 1. The van der Waals surface area contributed by atoms with Gasteiger partial charge in [-0.15, -0.1) is 0 Å². The molecule has 0 aliphatic rings. The summed E-state index contributed by atoms with van der Waals surface area (Å²) in [6.07, 6.45) is 5.55. The molecule has 0 fully saturated rings. The van der Waals surface area contributed by atoms with Crippen molar-refractivity contribution in [2.24, 2.45) is 5.73 Å². The number of hydrogen-bond donors (Lipinski definition) is 1. The molecular weight excluding hydrogens is 304 g/mol. The van der Waals surface area contributed by atoms with E-state index < -0.39 is 0 Å². The minimum absolute atomic E-state index is 0.250. The van der Waals surface area contributed by atoms with Gasteiger partial charge in [0.15, 0.2) is 0 Å². The quantitative estimate of drug-likeness (QED) is 0.920. The molecule has 2 aromatic rings. The van der Waals surface area contributed by atoms with Gasteiger partial charge in [0.05, 0.1) is 28.1 Å². The van der Waals surface area contributed by atoms with E-state index in [1.165, 1.54) is 5.56 Å². The number of halogens is 1. The summed E-state index contributed by atoms with van der Waals surface area (Å²) in [7, 11) is 0. The lowest BCUT2D eigenvalue weighted by molar-refractivity contribution is 0.554.